The van der Waals surface area contributed by atoms with E-state index in [1.54, 1.807) is 0 Å². The SMILES string of the molecule is CCn1nc(CC(=O)c2cc(Br)sc2Br)c2ccccc21. The Morgan fingerprint density at radius 1 is 1.33 bits per heavy atom. The number of thiophene rings is 1. The second-order valence-corrected chi connectivity index (χ2v) is 8.37. The molecule has 0 aliphatic carbocycles. The molecule has 21 heavy (non-hydrogen) atoms. The molecule has 0 aliphatic rings. The number of hydrogen-bond donors (Lipinski definition) is 0. The first-order chi connectivity index (χ1) is 10.1. The van der Waals surface area contributed by atoms with Gasteiger partial charge in [-0.25, -0.2) is 0 Å². The monoisotopic (exact) mass is 426 g/mol. The quantitative estimate of drug-likeness (QED) is 0.545. The normalized spacial score (nSPS) is 11.2. The first kappa shape index (κ1) is 14.9. The number of aryl methyl sites for hydroxylation is 1. The van der Waals surface area contributed by atoms with Gasteiger partial charge in [0.25, 0.3) is 0 Å². The lowest BCUT2D eigenvalue weighted by Crippen LogP contribution is -2.05. The molecule has 0 aliphatic heterocycles. The molecule has 6 heteroatoms. The molecule has 0 fully saturated rings. The summed E-state index contributed by atoms with van der Waals surface area (Å²) in [6, 6.07) is 9.89. The lowest BCUT2D eigenvalue weighted by atomic mass is 10.1. The lowest BCUT2D eigenvalue weighted by molar-refractivity contribution is 0.0992. The molecule has 1 aromatic carbocycles. The van der Waals surface area contributed by atoms with Gasteiger partial charge in [-0.3, -0.25) is 9.48 Å². The number of rotatable bonds is 4. The minimum absolute atomic E-state index is 0.0790. The number of carbonyl (C=O) groups excluding carboxylic acids is 1. The number of para-hydroxylation sites is 1. The van der Waals surface area contributed by atoms with Crippen molar-refractivity contribution in [1.29, 1.82) is 0 Å². The van der Waals surface area contributed by atoms with Crippen molar-refractivity contribution in [2.45, 2.75) is 19.9 Å². The smallest absolute Gasteiger partial charge is 0.170 e. The molecule has 3 rings (SSSR count). The summed E-state index contributed by atoms with van der Waals surface area (Å²) in [6.07, 6.45) is 0.315. The van der Waals surface area contributed by atoms with Gasteiger partial charge in [0.2, 0.25) is 0 Å². The van der Waals surface area contributed by atoms with Crippen LogP contribution in [0.5, 0.6) is 0 Å². The Labute approximate surface area is 143 Å². The molecular formula is C15H12Br2N2OS. The van der Waals surface area contributed by atoms with E-state index in [2.05, 4.69) is 43.9 Å². The Kier molecular flexibility index (Phi) is 4.28. The lowest BCUT2D eigenvalue weighted by Gasteiger charge is -1.97. The second-order valence-electron chi connectivity index (χ2n) is 4.62. The highest BCUT2D eigenvalue weighted by atomic mass is 79.9. The molecule has 0 atom stereocenters. The molecule has 0 bridgehead atoms. The van der Waals surface area contributed by atoms with Crippen LogP contribution in [0.4, 0.5) is 0 Å². The fourth-order valence-corrected chi connectivity index (χ4v) is 5.20. The molecule has 0 saturated heterocycles. The van der Waals surface area contributed by atoms with Gasteiger partial charge < -0.3 is 0 Å². The third kappa shape index (κ3) is 2.84. The van der Waals surface area contributed by atoms with E-state index < -0.39 is 0 Å². The molecule has 0 radical (unpaired) electrons. The van der Waals surface area contributed by atoms with E-state index in [1.165, 1.54) is 11.3 Å². The largest absolute Gasteiger partial charge is 0.294 e. The Hall–Kier alpha value is -0.980. The highest BCUT2D eigenvalue weighted by molar-refractivity contribution is 9.12. The van der Waals surface area contributed by atoms with E-state index >= 15 is 0 Å². The molecule has 3 nitrogen and oxygen atoms in total. The Morgan fingerprint density at radius 2 is 2.10 bits per heavy atom. The van der Waals surface area contributed by atoms with Gasteiger partial charge in [0.05, 0.1) is 25.2 Å². The van der Waals surface area contributed by atoms with Gasteiger partial charge in [-0.1, -0.05) is 18.2 Å². The summed E-state index contributed by atoms with van der Waals surface area (Å²) in [5, 5.41) is 5.64. The van der Waals surface area contributed by atoms with E-state index in [9.17, 15) is 4.79 Å². The number of fused-ring (bicyclic) bond motifs is 1. The fraction of sp³-hybridized carbons (Fsp3) is 0.200. The van der Waals surface area contributed by atoms with Gasteiger partial charge in [-0.05, 0) is 50.9 Å². The maximum Gasteiger partial charge on any atom is 0.170 e. The predicted molar refractivity (Wildman–Crippen MR) is 93.2 cm³/mol. The maximum absolute atomic E-state index is 12.5. The zero-order valence-corrected chi connectivity index (χ0v) is 15.3. The van der Waals surface area contributed by atoms with Crippen molar-refractivity contribution >= 4 is 59.9 Å². The van der Waals surface area contributed by atoms with E-state index in [-0.39, 0.29) is 5.78 Å². The van der Waals surface area contributed by atoms with Crippen molar-refractivity contribution in [3.63, 3.8) is 0 Å². The fourth-order valence-electron chi connectivity index (χ4n) is 2.35. The van der Waals surface area contributed by atoms with Gasteiger partial charge >= 0.3 is 0 Å². The van der Waals surface area contributed by atoms with E-state index in [0.717, 1.165) is 30.7 Å². The van der Waals surface area contributed by atoms with Crippen molar-refractivity contribution in [1.82, 2.24) is 9.78 Å². The number of hydrogen-bond acceptors (Lipinski definition) is 3. The number of ketones is 1. The molecule has 0 spiro atoms. The zero-order chi connectivity index (χ0) is 15.0. The van der Waals surface area contributed by atoms with Crippen LogP contribution in [0.1, 0.15) is 23.0 Å². The van der Waals surface area contributed by atoms with Crippen molar-refractivity contribution in [3.05, 3.63) is 49.2 Å². The predicted octanol–water partition coefficient (Wildman–Crippen LogP) is 5.07. The Balaban J connectivity index is 1.98. The van der Waals surface area contributed by atoms with Crippen LogP contribution >= 0.6 is 43.2 Å². The van der Waals surface area contributed by atoms with Crippen LogP contribution in [0, 0.1) is 0 Å². The maximum atomic E-state index is 12.5. The highest BCUT2D eigenvalue weighted by Gasteiger charge is 2.18. The minimum Gasteiger partial charge on any atom is -0.294 e. The van der Waals surface area contributed by atoms with Crippen LogP contribution in [-0.4, -0.2) is 15.6 Å². The van der Waals surface area contributed by atoms with Crippen LogP contribution in [0.15, 0.2) is 37.9 Å². The second kappa shape index (κ2) is 6.02. The molecule has 0 amide bonds. The molecule has 0 saturated carbocycles. The van der Waals surface area contributed by atoms with Crippen LogP contribution in [-0.2, 0) is 13.0 Å². The van der Waals surface area contributed by atoms with Gasteiger partial charge in [0.15, 0.2) is 5.78 Å². The van der Waals surface area contributed by atoms with E-state index in [1.807, 2.05) is 35.0 Å². The van der Waals surface area contributed by atoms with Gasteiger partial charge in [-0.2, -0.15) is 5.10 Å². The molecule has 0 unspecified atom stereocenters. The van der Waals surface area contributed by atoms with E-state index in [4.69, 9.17) is 0 Å². The highest BCUT2D eigenvalue weighted by Crippen LogP contribution is 2.33. The minimum atomic E-state index is 0.0790. The van der Waals surface area contributed by atoms with E-state index in [0.29, 0.717) is 12.0 Å². The standard InChI is InChI=1S/C15H12Br2N2OS/c1-2-19-12-6-4-3-5-9(12)11(18-19)8-13(20)10-7-14(16)21-15(10)17/h3-7H,2,8H2,1H3. The van der Waals surface area contributed by atoms with Crippen LogP contribution in [0.25, 0.3) is 10.9 Å². The van der Waals surface area contributed by atoms with Crippen LogP contribution in [0.3, 0.4) is 0 Å². The van der Waals surface area contributed by atoms with Crippen molar-refractivity contribution < 1.29 is 4.79 Å². The Morgan fingerprint density at radius 3 is 2.76 bits per heavy atom. The first-order valence-electron chi connectivity index (χ1n) is 6.52. The van der Waals surface area contributed by atoms with Crippen molar-refractivity contribution in [2.24, 2.45) is 0 Å². The third-order valence-electron chi connectivity index (χ3n) is 3.32. The summed E-state index contributed by atoms with van der Waals surface area (Å²) in [5.74, 6) is 0.0790. The van der Waals surface area contributed by atoms with Gasteiger partial charge in [-0.15, -0.1) is 11.3 Å². The first-order valence-corrected chi connectivity index (χ1v) is 8.93. The summed E-state index contributed by atoms with van der Waals surface area (Å²) < 4.78 is 3.75. The average Bonchev–Trinajstić information content (AvgIpc) is 2.99. The summed E-state index contributed by atoms with van der Waals surface area (Å²) in [4.78, 5) is 12.5. The molecular weight excluding hydrogens is 416 g/mol. The molecule has 2 heterocycles. The van der Waals surface area contributed by atoms with Crippen molar-refractivity contribution in [3.8, 4) is 0 Å². The number of carbonyl (C=O) groups is 1. The Bertz CT molecular complexity index is 822. The summed E-state index contributed by atoms with van der Waals surface area (Å²) >= 11 is 8.36. The zero-order valence-electron chi connectivity index (χ0n) is 11.3. The number of nitrogens with zero attached hydrogens (tertiary/aromatic N) is 2. The molecule has 0 N–H and O–H groups in total. The summed E-state index contributed by atoms with van der Waals surface area (Å²) in [6.45, 7) is 2.85. The number of benzene rings is 1. The van der Waals surface area contributed by atoms with Gasteiger partial charge in [0, 0.05) is 17.5 Å². The summed E-state index contributed by atoms with van der Waals surface area (Å²) in [5.41, 5.74) is 2.63. The van der Waals surface area contributed by atoms with Crippen LogP contribution in [0.2, 0.25) is 0 Å². The number of aromatic nitrogens is 2. The molecule has 108 valence electrons. The number of Topliss-reactive ketones (excluding diaryl/α,β-unsaturated/α-hetero) is 1. The third-order valence-corrected chi connectivity index (χ3v) is 5.66. The van der Waals surface area contributed by atoms with Crippen LogP contribution < -0.4 is 0 Å². The summed E-state index contributed by atoms with van der Waals surface area (Å²) in [7, 11) is 0. The van der Waals surface area contributed by atoms with Crippen molar-refractivity contribution in [2.75, 3.05) is 0 Å². The number of halogens is 2. The molecule has 3 aromatic rings. The topological polar surface area (TPSA) is 34.9 Å². The van der Waals surface area contributed by atoms with Gasteiger partial charge in [0.1, 0.15) is 0 Å². The molecule has 2 aromatic heterocycles. The average molecular weight is 428 g/mol.